The van der Waals surface area contributed by atoms with Gasteiger partial charge in [-0.05, 0) is 19.9 Å². The lowest BCUT2D eigenvalue weighted by molar-refractivity contribution is 0.156. The van der Waals surface area contributed by atoms with Crippen LogP contribution >= 0.6 is 0 Å². The van der Waals surface area contributed by atoms with Gasteiger partial charge in [0.15, 0.2) is 0 Å². The van der Waals surface area contributed by atoms with Gasteiger partial charge in [-0.1, -0.05) is 18.2 Å². The molecular formula is C15H17N3O2. The molecule has 0 saturated carbocycles. The third kappa shape index (κ3) is 1.78. The molecule has 0 atom stereocenters. The number of hydrogen-bond acceptors (Lipinski definition) is 4. The number of pyridine rings is 1. The zero-order chi connectivity index (χ0) is 14.3. The number of imidazole rings is 1. The lowest BCUT2D eigenvalue weighted by Crippen LogP contribution is -2.32. The van der Waals surface area contributed by atoms with E-state index in [0.717, 1.165) is 21.9 Å². The van der Waals surface area contributed by atoms with Crippen molar-refractivity contribution in [3.63, 3.8) is 0 Å². The smallest absolute Gasteiger partial charge is 0.136 e. The number of fused-ring (bicyclic) bond motifs is 3. The predicted molar refractivity (Wildman–Crippen MR) is 77.4 cm³/mol. The molecule has 1 aromatic carbocycles. The molecule has 2 heterocycles. The summed E-state index contributed by atoms with van der Waals surface area (Å²) < 4.78 is 1.91. The molecule has 0 aliphatic heterocycles. The van der Waals surface area contributed by atoms with E-state index < -0.39 is 5.54 Å². The summed E-state index contributed by atoms with van der Waals surface area (Å²) in [6.45, 7) is 3.62. The van der Waals surface area contributed by atoms with E-state index in [4.69, 9.17) is 0 Å². The first-order valence-electron chi connectivity index (χ1n) is 6.56. The average Bonchev–Trinajstić information content (AvgIpc) is 2.87. The Bertz CT molecular complexity index is 777. The van der Waals surface area contributed by atoms with Gasteiger partial charge in [0.25, 0.3) is 0 Å². The summed E-state index contributed by atoms with van der Waals surface area (Å²) in [4.78, 5) is 8.82. The average molecular weight is 271 g/mol. The topological polar surface area (TPSA) is 71.2 Å². The Morgan fingerprint density at radius 2 is 1.90 bits per heavy atom. The van der Waals surface area contributed by atoms with Crippen LogP contribution in [0.25, 0.3) is 21.9 Å². The zero-order valence-electron chi connectivity index (χ0n) is 11.5. The third-order valence-corrected chi connectivity index (χ3v) is 3.59. The first kappa shape index (κ1) is 13.0. The molecule has 0 amide bonds. The minimum atomic E-state index is -0.545. The second-order valence-corrected chi connectivity index (χ2v) is 5.50. The number of nitrogens with zero attached hydrogens (tertiary/aromatic N) is 3. The number of benzene rings is 1. The van der Waals surface area contributed by atoms with Crippen LogP contribution in [0.5, 0.6) is 0 Å². The molecule has 20 heavy (non-hydrogen) atoms. The Morgan fingerprint density at radius 3 is 2.60 bits per heavy atom. The molecule has 3 aromatic rings. The largest absolute Gasteiger partial charge is 0.394 e. The molecule has 0 saturated heterocycles. The van der Waals surface area contributed by atoms with E-state index in [9.17, 15) is 10.2 Å². The lowest BCUT2D eigenvalue weighted by Gasteiger charge is -2.27. The van der Waals surface area contributed by atoms with Crippen molar-refractivity contribution in [1.29, 1.82) is 0 Å². The predicted octanol–water partition coefficient (Wildman–Crippen LogP) is 1.80. The van der Waals surface area contributed by atoms with Crippen molar-refractivity contribution in [2.45, 2.75) is 26.0 Å². The van der Waals surface area contributed by atoms with E-state index in [1.165, 1.54) is 0 Å². The van der Waals surface area contributed by atoms with Crippen LogP contribution in [0.4, 0.5) is 0 Å². The van der Waals surface area contributed by atoms with Crippen LogP contribution in [0.15, 0.2) is 30.5 Å². The van der Waals surface area contributed by atoms with Gasteiger partial charge in [0.05, 0.1) is 29.4 Å². The van der Waals surface area contributed by atoms with Crippen LogP contribution in [0.3, 0.4) is 0 Å². The standard InChI is InChI=1S/C15H17N3O2/c1-15(2,9-20)18-13(8-19)17-12-7-16-11-6-4-3-5-10(11)14(12)18/h3-7,19-20H,8-9H2,1-2H3. The van der Waals surface area contributed by atoms with E-state index >= 15 is 0 Å². The van der Waals surface area contributed by atoms with Crippen molar-refractivity contribution in [2.75, 3.05) is 6.61 Å². The Hall–Kier alpha value is -1.98. The summed E-state index contributed by atoms with van der Waals surface area (Å²) in [6.07, 6.45) is 1.71. The number of para-hydroxylation sites is 1. The van der Waals surface area contributed by atoms with Crippen LogP contribution in [-0.2, 0) is 12.1 Å². The monoisotopic (exact) mass is 271 g/mol. The van der Waals surface area contributed by atoms with Gasteiger partial charge in [-0.25, -0.2) is 4.98 Å². The van der Waals surface area contributed by atoms with Gasteiger partial charge in [0, 0.05) is 5.39 Å². The van der Waals surface area contributed by atoms with Crippen LogP contribution < -0.4 is 0 Å². The quantitative estimate of drug-likeness (QED) is 0.762. The highest BCUT2D eigenvalue weighted by Crippen LogP contribution is 2.30. The molecule has 0 bridgehead atoms. The van der Waals surface area contributed by atoms with E-state index in [2.05, 4.69) is 9.97 Å². The molecule has 104 valence electrons. The maximum Gasteiger partial charge on any atom is 0.136 e. The molecule has 0 unspecified atom stereocenters. The van der Waals surface area contributed by atoms with Crippen molar-refractivity contribution in [3.8, 4) is 0 Å². The second kappa shape index (κ2) is 4.54. The maximum absolute atomic E-state index is 9.67. The third-order valence-electron chi connectivity index (χ3n) is 3.59. The van der Waals surface area contributed by atoms with Gasteiger partial charge < -0.3 is 14.8 Å². The van der Waals surface area contributed by atoms with Crippen molar-refractivity contribution >= 4 is 21.9 Å². The highest BCUT2D eigenvalue weighted by Gasteiger charge is 2.26. The highest BCUT2D eigenvalue weighted by atomic mass is 16.3. The van der Waals surface area contributed by atoms with Gasteiger partial charge in [0.2, 0.25) is 0 Å². The Labute approximate surface area is 116 Å². The molecule has 3 rings (SSSR count). The molecule has 5 nitrogen and oxygen atoms in total. The zero-order valence-corrected chi connectivity index (χ0v) is 11.5. The second-order valence-electron chi connectivity index (χ2n) is 5.50. The molecule has 0 spiro atoms. The van der Waals surface area contributed by atoms with Crippen molar-refractivity contribution in [1.82, 2.24) is 14.5 Å². The van der Waals surface area contributed by atoms with Gasteiger partial charge in [-0.15, -0.1) is 0 Å². The SMILES string of the molecule is CC(C)(CO)n1c(CO)nc2cnc3ccccc3c21. The Kier molecular flexibility index (Phi) is 2.96. The summed E-state index contributed by atoms with van der Waals surface area (Å²) in [7, 11) is 0. The Balaban J connectivity index is 2.49. The summed E-state index contributed by atoms with van der Waals surface area (Å²) in [5.41, 5.74) is 1.96. The van der Waals surface area contributed by atoms with Crippen LogP contribution in [0, 0.1) is 0 Å². The number of aliphatic hydroxyl groups excluding tert-OH is 2. The van der Waals surface area contributed by atoms with E-state index in [1.807, 2.05) is 42.7 Å². The van der Waals surface area contributed by atoms with E-state index in [-0.39, 0.29) is 13.2 Å². The summed E-state index contributed by atoms with van der Waals surface area (Å²) in [5.74, 6) is 0.539. The number of aromatic nitrogens is 3. The molecular weight excluding hydrogens is 254 g/mol. The molecule has 0 aliphatic rings. The minimum Gasteiger partial charge on any atom is -0.394 e. The summed E-state index contributed by atoms with van der Waals surface area (Å²) in [6, 6.07) is 7.81. The molecule has 0 fully saturated rings. The number of hydrogen-bond donors (Lipinski definition) is 2. The summed E-state index contributed by atoms with van der Waals surface area (Å²) >= 11 is 0. The van der Waals surface area contributed by atoms with Crippen LogP contribution in [0.2, 0.25) is 0 Å². The van der Waals surface area contributed by atoms with Crippen LogP contribution in [-0.4, -0.2) is 31.4 Å². The van der Waals surface area contributed by atoms with Crippen molar-refractivity contribution < 1.29 is 10.2 Å². The highest BCUT2D eigenvalue weighted by molar-refractivity contribution is 6.02. The van der Waals surface area contributed by atoms with Gasteiger partial charge in [-0.2, -0.15) is 0 Å². The van der Waals surface area contributed by atoms with Gasteiger partial charge >= 0.3 is 0 Å². The lowest BCUT2D eigenvalue weighted by atomic mass is 10.1. The summed E-state index contributed by atoms with van der Waals surface area (Å²) in [5, 5.41) is 20.2. The van der Waals surface area contributed by atoms with E-state index in [0.29, 0.717) is 5.82 Å². The maximum atomic E-state index is 9.67. The van der Waals surface area contributed by atoms with E-state index in [1.54, 1.807) is 6.20 Å². The normalized spacial score (nSPS) is 12.4. The van der Waals surface area contributed by atoms with Crippen molar-refractivity contribution in [2.24, 2.45) is 0 Å². The molecule has 0 aliphatic carbocycles. The van der Waals surface area contributed by atoms with Gasteiger partial charge in [-0.3, -0.25) is 4.98 Å². The van der Waals surface area contributed by atoms with Crippen LogP contribution in [0.1, 0.15) is 19.7 Å². The first-order valence-corrected chi connectivity index (χ1v) is 6.56. The fourth-order valence-corrected chi connectivity index (χ4v) is 2.58. The molecule has 2 N–H and O–H groups in total. The fourth-order valence-electron chi connectivity index (χ4n) is 2.58. The first-order chi connectivity index (χ1) is 9.58. The molecule has 2 aromatic heterocycles. The number of aliphatic hydroxyl groups is 2. The molecule has 5 heteroatoms. The number of rotatable bonds is 3. The van der Waals surface area contributed by atoms with Gasteiger partial charge in [0.1, 0.15) is 17.9 Å². The fraction of sp³-hybridized carbons (Fsp3) is 0.333. The molecule has 0 radical (unpaired) electrons. The minimum absolute atomic E-state index is 0.0396. The van der Waals surface area contributed by atoms with Crippen molar-refractivity contribution in [3.05, 3.63) is 36.3 Å². The Morgan fingerprint density at radius 1 is 1.15 bits per heavy atom.